The number of carboxylic acid groups (broad SMARTS) is 1. The van der Waals surface area contributed by atoms with Crippen molar-refractivity contribution >= 4 is 12.0 Å². The van der Waals surface area contributed by atoms with Gasteiger partial charge in [0.15, 0.2) is 0 Å². The van der Waals surface area contributed by atoms with Crippen molar-refractivity contribution in [1.29, 1.82) is 0 Å². The third-order valence-electron chi connectivity index (χ3n) is 4.33. The molecule has 1 aliphatic heterocycles. The van der Waals surface area contributed by atoms with Crippen molar-refractivity contribution in [2.75, 3.05) is 33.4 Å². The van der Waals surface area contributed by atoms with Crippen molar-refractivity contribution < 1.29 is 19.4 Å². The number of amides is 2. The summed E-state index contributed by atoms with van der Waals surface area (Å²) < 4.78 is 5.11. The largest absolute Gasteiger partial charge is 0.481 e. The second-order valence-corrected chi connectivity index (χ2v) is 5.88. The molecule has 0 radical (unpaired) electrons. The van der Waals surface area contributed by atoms with Gasteiger partial charge in [-0.2, -0.15) is 0 Å². The van der Waals surface area contributed by atoms with Gasteiger partial charge in [-0.3, -0.25) is 4.79 Å². The molecule has 1 fully saturated rings. The van der Waals surface area contributed by atoms with Crippen LogP contribution in [0.15, 0.2) is 0 Å². The molecule has 2 unspecified atom stereocenters. The van der Waals surface area contributed by atoms with Crippen molar-refractivity contribution in [3.05, 3.63) is 0 Å². The normalized spacial score (nSPS) is 23.1. The van der Waals surface area contributed by atoms with Crippen LogP contribution in [0.4, 0.5) is 4.79 Å². The first-order valence-corrected chi connectivity index (χ1v) is 7.69. The van der Waals surface area contributed by atoms with Gasteiger partial charge in [-0.05, 0) is 26.7 Å². The standard InChI is InChI=1S/C15H28N2O4/c1-5-7-15(13(18)19)8-9-16(11-15)14(20)17(6-2)12(3)10-21-4/h12H,5-11H2,1-4H3,(H,18,19). The molecule has 122 valence electrons. The Morgan fingerprint density at radius 2 is 2.10 bits per heavy atom. The molecule has 2 atom stereocenters. The number of methoxy groups -OCH3 is 1. The van der Waals surface area contributed by atoms with Crippen LogP contribution >= 0.6 is 0 Å². The number of likely N-dealkylation sites (tertiary alicyclic amines) is 1. The lowest BCUT2D eigenvalue weighted by Gasteiger charge is -2.32. The Morgan fingerprint density at radius 1 is 1.43 bits per heavy atom. The molecule has 2 amide bonds. The highest BCUT2D eigenvalue weighted by atomic mass is 16.5. The van der Waals surface area contributed by atoms with Crippen LogP contribution in [0.3, 0.4) is 0 Å². The topological polar surface area (TPSA) is 70.1 Å². The van der Waals surface area contributed by atoms with E-state index >= 15 is 0 Å². The van der Waals surface area contributed by atoms with Gasteiger partial charge in [0.2, 0.25) is 0 Å². The summed E-state index contributed by atoms with van der Waals surface area (Å²) in [6.45, 7) is 7.75. The molecule has 0 bridgehead atoms. The minimum atomic E-state index is -0.785. The summed E-state index contributed by atoms with van der Waals surface area (Å²) in [6.07, 6.45) is 1.97. The van der Waals surface area contributed by atoms with Gasteiger partial charge in [0.05, 0.1) is 18.1 Å². The molecular formula is C15H28N2O4. The molecule has 1 aliphatic rings. The summed E-state index contributed by atoms with van der Waals surface area (Å²) in [5.74, 6) is -0.785. The van der Waals surface area contributed by atoms with Gasteiger partial charge in [-0.15, -0.1) is 0 Å². The van der Waals surface area contributed by atoms with Crippen LogP contribution < -0.4 is 0 Å². The van der Waals surface area contributed by atoms with Crippen LogP contribution in [0.1, 0.15) is 40.0 Å². The zero-order valence-electron chi connectivity index (χ0n) is 13.6. The molecule has 1 saturated heterocycles. The molecule has 0 aromatic carbocycles. The minimum Gasteiger partial charge on any atom is -0.481 e. The molecule has 0 spiro atoms. The van der Waals surface area contributed by atoms with Crippen LogP contribution in [0, 0.1) is 5.41 Å². The van der Waals surface area contributed by atoms with E-state index in [9.17, 15) is 14.7 Å². The summed E-state index contributed by atoms with van der Waals surface area (Å²) in [4.78, 5) is 27.6. The number of carbonyl (C=O) groups excluding carboxylic acids is 1. The first-order chi connectivity index (χ1) is 9.91. The Kier molecular flexibility index (Phi) is 6.45. The smallest absolute Gasteiger partial charge is 0.320 e. The van der Waals surface area contributed by atoms with Crippen molar-refractivity contribution in [3.63, 3.8) is 0 Å². The van der Waals surface area contributed by atoms with E-state index in [1.807, 2.05) is 20.8 Å². The summed E-state index contributed by atoms with van der Waals surface area (Å²) in [6, 6.07) is -0.0974. The molecule has 0 aromatic heterocycles. The molecule has 0 saturated carbocycles. The Balaban J connectivity index is 2.78. The van der Waals surface area contributed by atoms with E-state index in [0.717, 1.165) is 6.42 Å². The Morgan fingerprint density at radius 3 is 2.57 bits per heavy atom. The number of nitrogens with zero attached hydrogens (tertiary/aromatic N) is 2. The zero-order valence-corrected chi connectivity index (χ0v) is 13.6. The summed E-state index contributed by atoms with van der Waals surface area (Å²) in [7, 11) is 1.61. The molecular weight excluding hydrogens is 272 g/mol. The van der Waals surface area contributed by atoms with Crippen molar-refractivity contribution in [2.24, 2.45) is 5.41 Å². The van der Waals surface area contributed by atoms with Gasteiger partial charge in [-0.25, -0.2) is 4.79 Å². The number of rotatable bonds is 7. The number of aliphatic carboxylic acids is 1. The van der Waals surface area contributed by atoms with Gasteiger partial charge in [0.25, 0.3) is 0 Å². The lowest BCUT2D eigenvalue weighted by Crippen LogP contribution is -2.48. The van der Waals surface area contributed by atoms with Crippen molar-refractivity contribution in [3.8, 4) is 0 Å². The predicted octanol–water partition coefficient (Wildman–Crippen LogP) is 2.04. The Labute approximate surface area is 127 Å². The number of likely N-dealkylation sites (N-methyl/N-ethyl adjacent to an activating group) is 1. The molecule has 0 aliphatic carbocycles. The summed E-state index contributed by atoms with van der Waals surface area (Å²) >= 11 is 0. The van der Waals surface area contributed by atoms with E-state index < -0.39 is 11.4 Å². The number of carboxylic acids is 1. The van der Waals surface area contributed by atoms with Gasteiger partial charge in [-0.1, -0.05) is 13.3 Å². The third kappa shape index (κ3) is 3.87. The van der Waals surface area contributed by atoms with E-state index in [4.69, 9.17) is 4.74 Å². The number of carbonyl (C=O) groups is 2. The number of urea groups is 1. The molecule has 1 heterocycles. The maximum absolute atomic E-state index is 12.6. The van der Waals surface area contributed by atoms with Crippen LogP contribution in [0.5, 0.6) is 0 Å². The van der Waals surface area contributed by atoms with E-state index in [1.165, 1.54) is 0 Å². The number of hydrogen-bond acceptors (Lipinski definition) is 3. The van der Waals surface area contributed by atoms with Crippen molar-refractivity contribution in [2.45, 2.75) is 46.1 Å². The van der Waals surface area contributed by atoms with Crippen LogP contribution in [-0.4, -0.2) is 66.3 Å². The Hall–Kier alpha value is -1.30. The maximum atomic E-state index is 12.6. The molecule has 1 rings (SSSR count). The molecule has 6 nitrogen and oxygen atoms in total. The number of hydrogen-bond donors (Lipinski definition) is 1. The zero-order chi connectivity index (χ0) is 16.0. The van der Waals surface area contributed by atoms with Crippen LogP contribution in [0.2, 0.25) is 0 Å². The highest BCUT2D eigenvalue weighted by Gasteiger charge is 2.46. The van der Waals surface area contributed by atoms with E-state index in [1.54, 1.807) is 16.9 Å². The van der Waals surface area contributed by atoms with Gasteiger partial charge < -0.3 is 19.6 Å². The molecule has 21 heavy (non-hydrogen) atoms. The van der Waals surface area contributed by atoms with E-state index in [0.29, 0.717) is 39.1 Å². The number of ether oxygens (including phenoxy) is 1. The van der Waals surface area contributed by atoms with E-state index in [-0.39, 0.29) is 12.1 Å². The van der Waals surface area contributed by atoms with Crippen LogP contribution in [0.25, 0.3) is 0 Å². The third-order valence-corrected chi connectivity index (χ3v) is 4.33. The highest BCUT2D eigenvalue weighted by molar-refractivity contribution is 5.80. The van der Waals surface area contributed by atoms with Gasteiger partial charge in [0.1, 0.15) is 0 Å². The molecule has 6 heteroatoms. The average molecular weight is 300 g/mol. The SMILES string of the molecule is CCCC1(C(=O)O)CCN(C(=O)N(CC)C(C)COC)C1. The fourth-order valence-corrected chi connectivity index (χ4v) is 3.15. The first kappa shape index (κ1) is 17.8. The average Bonchev–Trinajstić information content (AvgIpc) is 2.86. The molecule has 1 N–H and O–H groups in total. The summed E-state index contributed by atoms with van der Waals surface area (Å²) in [5, 5.41) is 9.51. The molecule has 0 aromatic rings. The second kappa shape index (κ2) is 7.64. The fraction of sp³-hybridized carbons (Fsp3) is 0.867. The lowest BCUT2D eigenvalue weighted by atomic mass is 9.83. The van der Waals surface area contributed by atoms with Gasteiger partial charge >= 0.3 is 12.0 Å². The monoisotopic (exact) mass is 300 g/mol. The second-order valence-electron chi connectivity index (χ2n) is 5.88. The summed E-state index contributed by atoms with van der Waals surface area (Å²) in [5.41, 5.74) is -0.770. The van der Waals surface area contributed by atoms with Gasteiger partial charge in [0, 0.05) is 26.7 Å². The first-order valence-electron chi connectivity index (χ1n) is 7.69. The maximum Gasteiger partial charge on any atom is 0.320 e. The minimum absolute atomic E-state index is 0.0153. The fourth-order valence-electron chi connectivity index (χ4n) is 3.15. The predicted molar refractivity (Wildman–Crippen MR) is 80.3 cm³/mol. The van der Waals surface area contributed by atoms with E-state index in [2.05, 4.69) is 0 Å². The Bertz CT molecular complexity index is 375. The van der Waals surface area contributed by atoms with Crippen LogP contribution in [-0.2, 0) is 9.53 Å². The lowest BCUT2D eigenvalue weighted by molar-refractivity contribution is -0.148. The highest BCUT2D eigenvalue weighted by Crippen LogP contribution is 2.36. The van der Waals surface area contributed by atoms with Crippen molar-refractivity contribution in [1.82, 2.24) is 9.80 Å². The quantitative estimate of drug-likeness (QED) is 0.781.